The van der Waals surface area contributed by atoms with Gasteiger partial charge in [-0.05, 0) is 31.5 Å². The van der Waals surface area contributed by atoms with Crippen LogP contribution in [-0.2, 0) is 10.0 Å². The smallest absolute Gasteiger partial charge is 0.247 e. The van der Waals surface area contributed by atoms with Gasteiger partial charge in [0.1, 0.15) is 10.6 Å². The second-order valence-corrected chi connectivity index (χ2v) is 7.73. The molecule has 0 unspecified atom stereocenters. The lowest BCUT2D eigenvalue weighted by Crippen LogP contribution is -2.58. The minimum absolute atomic E-state index is 0.0309. The van der Waals surface area contributed by atoms with Gasteiger partial charge in [-0.3, -0.25) is 0 Å². The normalized spacial score (nSPS) is 16.0. The van der Waals surface area contributed by atoms with Crippen LogP contribution in [0.25, 0.3) is 0 Å². The Morgan fingerprint density at radius 1 is 1.38 bits per heavy atom. The van der Waals surface area contributed by atoms with Crippen LogP contribution in [0.1, 0.15) is 20.3 Å². The number of nitrogens with one attached hydrogen (secondary N) is 1. The van der Waals surface area contributed by atoms with E-state index in [0.717, 1.165) is 10.9 Å². The van der Waals surface area contributed by atoms with Crippen molar-refractivity contribution in [3.8, 4) is 5.75 Å². The molecule has 0 bridgehead atoms. The van der Waals surface area contributed by atoms with Crippen LogP contribution in [0.3, 0.4) is 0 Å². The Bertz CT molecular complexity index is 588. The Labute approximate surface area is 134 Å². The number of benzene rings is 1. The third-order valence-corrected chi connectivity index (χ3v) is 5.87. The van der Waals surface area contributed by atoms with E-state index in [1.165, 1.54) is 0 Å². The van der Waals surface area contributed by atoms with Crippen LogP contribution >= 0.6 is 15.9 Å². The third kappa shape index (κ3) is 3.59. The largest absolute Gasteiger partial charge is 0.492 e. The van der Waals surface area contributed by atoms with E-state index in [4.69, 9.17) is 4.74 Å². The van der Waals surface area contributed by atoms with Gasteiger partial charge in [-0.15, -0.1) is 0 Å². The first-order chi connectivity index (χ1) is 10.0. The minimum atomic E-state index is -3.56. The summed E-state index contributed by atoms with van der Waals surface area (Å²) in [4.78, 5) is 0.235. The van der Waals surface area contributed by atoms with Crippen LogP contribution in [0.5, 0.6) is 5.75 Å². The Balaban J connectivity index is 2.43. The predicted octanol–water partition coefficient (Wildman–Crippen LogP) is 2.22. The molecule has 1 aliphatic rings. The molecular formula is C14H21BrN2O3S. The fraction of sp³-hybridized carbons (Fsp3) is 0.571. The maximum absolute atomic E-state index is 13.0. The van der Waals surface area contributed by atoms with Gasteiger partial charge in [0.05, 0.1) is 12.6 Å². The maximum Gasteiger partial charge on any atom is 0.247 e. The lowest BCUT2D eigenvalue weighted by Gasteiger charge is -2.37. The van der Waals surface area contributed by atoms with E-state index in [9.17, 15) is 8.42 Å². The average molecular weight is 377 g/mol. The number of nitrogens with zero attached hydrogens (tertiary/aromatic N) is 1. The summed E-state index contributed by atoms with van der Waals surface area (Å²) in [7, 11) is -3.56. The summed E-state index contributed by atoms with van der Waals surface area (Å²) < 4.78 is 33.8. The molecule has 1 aromatic rings. The number of hydrogen-bond donors (Lipinski definition) is 1. The first-order valence-electron chi connectivity index (χ1n) is 7.15. The van der Waals surface area contributed by atoms with Crippen LogP contribution in [0.4, 0.5) is 0 Å². The van der Waals surface area contributed by atoms with Crippen molar-refractivity contribution in [1.29, 1.82) is 0 Å². The Morgan fingerprint density at radius 2 is 2.10 bits per heavy atom. The second kappa shape index (κ2) is 7.09. The van der Waals surface area contributed by atoms with Gasteiger partial charge in [0, 0.05) is 24.1 Å². The highest BCUT2D eigenvalue weighted by molar-refractivity contribution is 9.10. The zero-order valence-electron chi connectivity index (χ0n) is 12.3. The number of hydrogen-bond acceptors (Lipinski definition) is 4. The minimum Gasteiger partial charge on any atom is -0.492 e. The molecule has 2 rings (SSSR count). The van der Waals surface area contributed by atoms with Gasteiger partial charge in [-0.1, -0.05) is 22.9 Å². The summed E-state index contributed by atoms with van der Waals surface area (Å²) in [6.45, 7) is 6.20. The fourth-order valence-electron chi connectivity index (χ4n) is 2.28. The number of sulfonamides is 1. The van der Waals surface area contributed by atoms with E-state index in [-0.39, 0.29) is 10.9 Å². The standard InChI is InChI=1S/C14H21BrN2O3S/c1-3-7-17(12-9-16-10-12)21(18,19)14-8-11(15)5-6-13(14)20-4-2/h5-6,8,12,16H,3-4,7,9-10H2,1-2H3. The highest BCUT2D eigenvalue weighted by atomic mass is 79.9. The van der Waals surface area contributed by atoms with Crippen LogP contribution in [0, 0.1) is 0 Å². The van der Waals surface area contributed by atoms with Gasteiger partial charge in [-0.25, -0.2) is 8.42 Å². The van der Waals surface area contributed by atoms with E-state index in [2.05, 4.69) is 21.2 Å². The molecule has 1 fully saturated rings. The molecule has 5 nitrogen and oxygen atoms in total. The molecule has 0 aromatic heterocycles. The van der Waals surface area contributed by atoms with Crippen LogP contribution in [0.15, 0.2) is 27.6 Å². The van der Waals surface area contributed by atoms with Crippen molar-refractivity contribution in [2.45, 2.75) is 31.2 Å². The van der Waals surface area contributed by atoms with Crippen molar-refractivity contribution in [3.05, 3.63) is 22.7 Å². The predicted molar refractivity (Wildman–Crippen MR) is 86.2 cm³/mol. The van der Waals surface area contributed by atoms with E-state index in [1.807, 2.05) is 13.8 Å². The molecule has 7 heteroatoms. The van der Waals surface area contributed by atoms with Crippen molar-refractivity contribution in [3.63, 3.8) is 0 Å². The van der Waals surface area contributed by atoms with E-state index >= 15 is 0 Å². The molecule has 0 spiro atoms. The van der Waals surface area contributed by atoms with Crippen LogP contribution in [0.2, 0.25) is 0 Å². The van der Waals surface area contributed by atoms with E-state index in [0.29, 0.717) is 32.0 Å². The highest BCUT2D eigenvalue weighted by Gasteiger charge is 2.35. The highest BCUT2D eigenvalue weighted by Crippen LogP contribution is 2.31. The Morgan fingerprint density at radius 3 is 2.62 bits per heavy atom. The molecule has 0 amide bonds. The van der Waals surface area contributed by atoms with Crippen molar-refractivity contribution >= 4 is 26.0 Å². The molecule has 1 aromatic carbocycles. The second-order valence-electron chi connectivity index (χ2n) is 4.95. The van der Waals surface area contributed by atoms with Crippen LogP contribution in [-0.4, -0.2) is 45.0 Å². The van der Waals surface area contributed by atoms with Gasteiger partial charge in [0.15, 0.2) is 0 Å². The van der Waals surface area contributed by atoms with Gasteiger partial charge in [0.2, 0.25) is 10.0 Å². The summed E-state index contributed by atoms with van der Waals surface area (Å²) >= 11 is 3.35. The third-order valence-electron chi connectivity index (χ3n) is 3.40. The molecular weight excluding hydrogens is 356 g/mol. The van der Waals surface area contributed by atoms with Crippen LogP contribution < -0.4 is 10.1 Å². The quantitative estimate of drug-likeness (QED) is 0.792. The SMILES string of the molecule is CCCN(C1CNC1)S(=O)(=O)c1cc(Br)ccc1OCC. The molecule has 0 saturated carbocycles. The molecule has 0 aliphatic carbocycles. The monoisotopic (exact) mass is 376 g/mol. The number of ether oxygens (including phenoxy) is 1. The molecule has 1 saturated heterocycles. The topological polar surface area (TPSA) is 58.6 Å². The summed E-state index contributed by atoms with van der Waals surface area (Å²) in [6, 6.07) is 5.14. The summed E-state index contributed by atoms with van der Waals surface area (Å²) in [6.07, 6.45) is 0.785. The van der Waals surface area contributed by atoms with E-state index in [1.54, 1.807) is 22.5 Å². The molecule has 0 radical (unpaired) electrons. The maximum atomic E-state index is 13.0. The molecule has 1 aliphatic heterocycles. The molecule has 118 valence electrons. The average Bonchev–Trinajstić information content (AvgIpc) is 2.38. The summed E-state index contributed by atoms with van der Waals surface area (Å²) in [5, 5.41) is 3.13. The Kier molecular flexibility index (Phi) is 5.65. The Hall–Kier alpha value is -0.630. The van der Waals surface area contributed by atoms with Gasteiger partial charge < -0.3 is 10.1 Å². The lowest BCUT2D eigenvalue weighted by atomic mass is 10.2. The first kappa shape index (κ1) is 16.7. The zero-order valence-corrected chi connectivity index (χ0v) is 14.7. The van der Waals surface area contributed by atoms with Crippen molar-refractivity contribution in [1.82, 2.24) is 9.62 Å². The fourth-order valence-corrected chi connectivity index (χ4v) is 4.67. The molecule has 0 atom stereocenters. The lowest BCUT2D eigenvalue weighted by molar-refractivity contribution is 0.240. The number of halogens is 1. The van der Waals surface area contributed by atoms with Gasteiger partial charge >= 0.3 is 0 Å². The van der Waals surface area contributed by atoms with Crippen molar-refractivity contribution in [2.24, 2.45) is 0 Å². The molecule has 1 N–H and O–H groups in total. The zero-order chi connectivity index (χ0) is 15.5. The van der Waals surface area contributed by atoms with Crippen molar-refractivity contribution in [2.75, 3.05) is 26.2 Å². The summed E-state index contributed by atoms with van der Waals surface area (Å²) in [5.41, 5.74) is 0. The number of rotatable bonds is 7. The molecule has 21 heavy (non-hydrogen) atoms. The van der Waals surface area contributed by atoms with Crippen molar-refractivity contribution < 1.29 is 13.2 Å². The first-order valence-corrected chi connectivity index (χ1v) is 9.39. The van der Waals surface area contributed by atoms with E-state index < -0.39 is 10.0 Å². The summed E-state index contributed by atoms with van der Waals surface area (Å²) in [5.74, 6) is 0.411. The van der Waals surface area contributed by atoms with Gasteiger partial charge in [-0.2, -0.15) is 4.31 Å². The molecule has 1 heterocycles. The van der Waals surface area contributed by atoms with Gasteiger partial charge in [0.25, 0.3) is 0 Å².